The van der Waals surface area contributed by atoms with Crippen LogP contribution in [0.25, 0.3) is 0 Å². The summed E-state index contributed by atoms with van der Waals surface area (Å²) in [6, 6.07) is 0. The van der Waals surface area contributed by atoms with E-state index < -0.39 is 0 Å². The van der Waals surface area contributed by atoms with Gasteiger partial charge in [0, 0.05) is 16.2 Å². The van der Waals surface area contributed by atoms with Gasteiger partial charge >= 0.3 is 0 Å². The highest BCUT2D eigenvalue weighted by molar-refractivity contribution is 7.77. The summed E-state index contributed by atoms with van der Waals surface area (Å²) in [5.41, 5.74) is -0.286. The molecular weight excluding hydrogens is 210 g/mol. The Morgan fingerprint density at radius 1 is 1.27 bits per heavy atom. The van der Waals surface area contributed by atoms with Crippen LogP contribution >= 0.6 is 0 Å². The van der Waals surface area contributed by atoms with Crippen LogP contribution in [0, 0.1) is 5.92 Å². The van der Waals surface area contributed by atoms with E-state index in [4.69, 9.17) is 17.5 Å². The normalized spacial score (nSPS) is 26.5. The molecule has 0 aromatic heterocycles. The van der Waals surface area contributed by atoms with E-state index in [2.05, 4.69) is 27.7 Å². The quantitative estimate of drug-likeness (QED) is 0.678. The summed E-state index contributed by atoms with van der Waals surface area (Å²) in [7, 11) is 1.68. The van der Waals surface area contributed by atoms with Crippen LogP contribution in [-0.2, 0) is 22.3 Å². The minimum atomic E-state index is -0.143. The molecule has 0 bridgehead atoms. The first-order chi connectivity index (χ1) is 6.70. The molecule has 0 N–H and O–H groups in total. The van der Waals surface area contributed by atoms with Crippen molar-refractivity contribution in [2.75, 3.05) is 7.11 Å². The van der Waals surface area contributed by atoms with Crippen LogP contribution in [0.2, 0.25) is 0 Å². The molecular formula is C11H20NO2S-. The van der Waals surface area contributed by atoms with Gasteiger partial charge in [-0.1, -0.05) is 0 Å². The van der Waals surface area contributed by atoms with Gasteiger partial charge in [0.15, 0.2) is 0 Å². The summed E-state index contributed by atoms with van der Waals surface area (Å²) >= 11 is 4.78. The van der Waals surface area contributed by atoms with Crippen molar-refractivity contribution in [3.05, 3.63) is 0 Å². The maximum atomic E-state index is 11.3. The molecule has 15 heavy (non-hydrogen) atoms. The number of hydrogen-bond donors (Lipinski definition) is 0. The second-order valence-corrected chi connectivity index (χ2v) is 5.93. The molecule has 88 valence electrons. The molecule has 0 saturated carbocycles. The van der Waals surface area contributed by atoms with Crippen LogP contribution in [-0.4, -0.2) is 28.4 Å². The van der Waals surface area contributed by atoms with E-state index in [0.29, 0.717) is 0 Å². The number of carbonyl (C=O) groups excluding carboxylic acids is 1. The Balaban J connectivity index is 2.95. The lowest BCUT2D eigenvalue weighted by Crippen LogP contribution is -2.60. The fourth-order valence-corrected chi connectivity index (χ4v) is 3.09. The Morgan fingerprint density at radius 3 is 1.93 bits per heavy atom. The molecule has 0 spiro atoms. The molecule has 1 aliphatic rings. The number of hydroxylamine groups is 2. The molecule has 0 aromatic carbocycles. The minimum Gasteiger partial charge on any atom is -0.742 e. The zero-order valence-corrected chi connectivity index (χ0v) is 11.0. The van der Waals surface area contributed by atoms with Crippen molar-refractivity contribution >= 4 is 17.7 Å². The summed E-state index contributed by atoms with van der Waals surface area (Å²) in [5, 5.41) is 1.86. The molecule has 0 aromatic rings. The molecule has 1 rings (SSSR count). The van der Waals surface area contributed by atoms with Gasteiger partial charge in [-0.15, -0.1) is 0 Å². The van der Waals surface area contributed by atoms with Crippen molar-refractivity contribution in [2.24, 2.45) is 5.92 Å². The number of hydrogen-bond acceptors (Lipinski definition) is 4. The monoisotopic (exact) mass is 230 g/mol. The lowest BCUT2D eigenvalue weighted by Gasteiger charge is -2.53. The summed E-state index contributed by atoms with van der Waals surface area (Å²) in [6.45, 7) is 8.34. The molecule has 0 aliphatic carbocycles. The van der Waals surface area contributed by atoms with Crippen LogP contribution in [0.15, 0.2) is 0 Å². The van der Waals surface area contributed by atoms with Crippen molar-refractivity contribution in [1.82, 2.24) is 5.06 Å². The number of nitrogens with zero attached hydrogens (tertiary/aromatic N) is 1. The Kier molecular flexibility index (Phi) is 3.43. The van der Waals surface area contributed by atoms with Crippen LogP contribution < -0.4 is 0 Å². The van der Waals surface area contributed by atoms with E-state index in [0.717, 1.165) is 12.8 Å². The van der Waals surface area contributed by atoms with E-state index in [9.17, 15) is 4.79 Å². The van der Waals surface area contributed by atoms with Crippen LogP contribution in [0.4, 0.5) is 0 Å². The zero-order chi connectivity index (χ0) is 11.9. The lowest BCUT2D eigenvalue weighted by molar-refractivity contribution is -0.269. The van der Waals surface area contributed by atoms with Crippen LogP contribution in [0.5, 0.6) is 0 Å². The Hall–Kier alpha value is -0.190. The van der Waals surface area contributed by atoms with Gasteiger partial charge in [-0.05, 0) is 46.5 Å². The van der Waals surface area contributed by atoms with Crippen molar-refractivity contribution < 1.29 is 9.63 Å². The highest BCUT2D eigenvalue weighted by Gasteiger charge is 2.46. The van der Waals surface area contributed by atoms with Gasteiger partial charge < -0.3 is 22.3 Å². The van der Waals surface area contributed by atoms with Gasteiger partial charge in [-0.3, -0.25) is 0 Å². The summed E-state index contributed by atoms with van der Waals surface area (Å²) in [6.07, 6.45) is 1.54. The van der Waals surface area contributed by atoms with Gasteiger partial charge in [-0.2, -0.15) is 5.06 Å². The lowest BCUT2D eigenvalue weighted by atomic mass is 9.76. The fraction of sp³-hybridized carbons (Fsp3) is 0.909. The molecule has 1 heterocycles. The van der Waals surface area contributed by atoms with Gasteiger partial charge in [0.25, 0.3) is 0 Å². The maximum Gasteiger partial charge on any atom is 0.0575 e. The Labute approximate surface area is 97.5 Å². The third-order valence-electron chi connectivity index (χ3n) is 3.11. The third-order valence-corrected chi connectivity index (χ3v) is 3.44. The van der Waals surface area contributed by atoms with Crippen LogP contribution in [0.3, 0.4) is 0 Å². The second-order valence-electron chi connectivity index (χ2n) is 5.53. The topological polar surface area (TPSA) is 29.5 Å². The van der Waals surface area contributed by atoms with E-state index in [-0.39, 0.29) is 22.1 Å². The second kappa shape index (κ2) is 4.00. The van der Waals surface area contributed by atoms with Gasteiger partial charge in [0.2, 0.25) is 0 Å². The molecule has 0 unspecified atom stereocenters. The van der Waals surface area contributed by atoms with Crippen molar-refractivity contribution in [3.8, 4) is 0 Å². The van der Waals surface area contributed by atoms with E-state index >= 15 is 0 Å². The molecule has 3 nitrogen and oxygen atoms in total. The average molecular weight is 230 g/mol. The molecule has 0 atom stereocenters. The van der Waals surface area contributed by atoms with Gasteiger partial charge in [-0.25, -0.2) is 0 Å². The standard InChI is InChI=1S/C11H21NO2S/c1-10(2)6-8(9(13)15)7-11(3,4)12(10)14-5/h8H,6-7H2,1-5H3,(H,13,15)/p-1. The minimum absolute atomic E-state index is 0.0172. The maximum absolute atomic E-state index is 11.3. The molecule has 0 radical (unpaired) electrons. The SMILES string of the molecule is CON1C(C)(C)CC(C(=O)[S-])CC1(C)C. The van der Waals surface area contributed by atoms with Crippen molar-refractivity contribution in [1.29, 1.82) is 0 Å². The summed E-state index contributed by atoms with van der Waals surface area (Å²) < 4.78 is 0. The molecule has 4 heteroatoms. The predicted molar refractivity (Wildman–Crippen MR) is 62.1 cm³/mol. The highest BCUT2D eigenvalue weighted by Crippen LogP contribution is 2.41. The van der Waals surface area contributed by atoms with Gasteiger partial charge in [0.1, 0.15) is 0 Å². The Morgan fingerprint density at radius 2 is 1.67 bits per heavy atom. The first-order valence-corrected chi connectivity index (χ1v) is 5.67. The molecule has 1 aliphatic heterocycles. The molecule has 0 amide bonds. The first-order valence-electron chi connectivity index (χ1n) is 5.26. The van der Waals surface area contributed by atoms with E-state index in [1.165, 1.54) is 0 Å². The largest absolute Gasteiger partial charge is 0.742 e. The summed E-state index contributed by atoms with van der Waals surface area (Å²) in [4.78, 5) is 16.8. The van der Waals surface area contributed by atoms with Crippen molar-refractivity contribution in [2.45, 2.75) is 51.6 Å². The third kappa shape index (κ3) is 2.49. The fourth-order valence-electron chi connectivity index (χ4n) is 2.92. The first kappa shape index (κ1) is 12.9. The molecule has 1 fully saturated rings. The van der Waals surface area contributed by atoms with Gasteiger partial charge in [0.05, 0.1) is 7.11 Å². The predicted octanol–water partition coefficient (Wildman–Crippen LogP) is 1.89. The smallest absolute Gasteiger partial charge is 0.0575 e. The average Bonchev–Trinajstić information content (AvgIpc) is 1.99. The van der Waals surface area contributed by atoms with E-state index in [1.54, 1.807) is 7.11 Å². The number of carbonyl (C=O) groups is 1. The van der Waals surface area contributed by atoms with E-state index in [1.807, 2.05) is 5.06 Å². The highest BCUT2D eigenvalue weighted by atomic mass is 32.1. The van der Waals surface area contributed by atoms with Crippen LogP contribution in [0.1, 0.15) is 40.5 Å². The zero-order valence-electron chi connectivity index (χ0n) is 10.2. The number of rotatable bonds is 2. The van der Waals surface area contributed by atoms with Crippen molar-refractivity contribution in [3.63, 3.8) is 0 Å². The number of piperidine rings is 1. The molecule has 1 saturated heterocycles. The summed E-state index contributed by atoms with van der Waals surface area (Å²) in [5.74, 6) is -0.0172. The Bertz CT molecular complexity index is 245.